The van der Waals surface area contributed by atoms with E-state index >= 15 is 0 Å². The number of hydrogen-bond acceptors (Lipinski definition) is 4. The molecular formula is C14H20ClNO3S. The molecule has 0 aliphatic heterocycles. The van der Waals surface area contributed by atoms with Crippen LogP contribution in [0.3, 0.4) is 0 Å². The maximum absolute atomic E-state index is 11.8. The summed E-state index contributed by atoms with van der Waals surface area (Å²) in [5.41, 5.74) is 0.637. The lowest BCUT2D eigenvalue weighted by Gasteiger charge is -2.20. The molecule has 1 fully saturated rings. The summed E-state index contributed by atoms with van der Waals surface area (Å²) in [6.45, 7) is 0.437. The second-order valence-electron chi connectivity index (χ2n) is 5.18. The Hall–Kier alpha value is -0.620. The molecule has 20 heavy (non-hydrogen) atoms. The molecule has 0 aromatic heterocycles. The Morgan fingerprint density at radius 3 is 2.80 bits per heavy atom. The van der Waals surface area contributed by atoms with Gasteiger partial charge >= 0.3 is 0 Å². The van der Waals surface area contributed by atoms with Crippen LogP contribution in [0.1, 0.15) is 24.8 Å². The van der Waals surface area contributed by atoms with Gasteiger partial charge in [-0.05, 0) is 31.4 Å². The number of nitrogens with one attached hydrogen (secondary N) is 1. The van der Waals surface area contributed by atoms with Crippen LogP contribution in [0.15, 0.2) is 23.1 Å². The third kappa shape index (κ3) is 3.52. The zero-order chi connectivity index (χ0) is 14.8. The maximum atomic E-state index is 11.8. The molecule has 2 atom stereocenters. The SMILES string of the molecule is COC1CCCC1NCc1c(Cl)cccc1S(C)(=O)=O. The first-order valence-corrected chi connectivity index (χ1v) is 8.94. The molecule has 1 saturated carbocycles. The number of sulfone groups is 1. The molecule has 2 unspecified atom stereocenters. The summed E-state index contributed by atoms with van der Waals surface area (Å²) in [4.78, 5) is 0.296. The Kier molecular flexibility index (Phi) is 5.07. The first kappa shape index (κ1) is 15.8. The predicted octanol–water partition coefficient (Wildman–Crippen LogP) is 2.40. The summed E-state index contributed by atoms with van der Waals surface area (Å²) in [6.07, 6.45) is 4.60. The maximum Gasteiger partial charge on any atom is 0.175 e. The molecule has 2 rings (SSSR count). The predicted molar refractivity (Wildman–Crippen MR) is 79.8 cm³/mol. The fourth-order valence-electron chi connectivity index (χ4n) is 2.73. The zero-order valence-corrected chi connectivity index (χ0v) is 13.3. The zero-order valence-electron chi connectivity index (χ0n) is 11.7. The van der Waals surface area contributed by atoms with Crippen molar-refractivity contribution in [2.45, 2.75) is 42.8 Å². The van der Waals surface area contributed by atoms with Gasteiger partial charge in [0.05, 0.1) is 11.0 Å². The Bertz CT molecular complexity index is 574. The van der Waals surface area contributed by atoms with Crippen LogP contribution >= 0.6 is 11.6 Å². The lowest BCUT2D eigenvalue weighted by molar-refractivity contribution is 0.0846. The first-order chi connectivity index (χ1) is 9.43. The molecule has 1 aliphatic rings. The molecule has 112 valence electrons. The van der Waals surface area contributed by atoms with Crippen LogP contribution in [0.5, 0.6) is 0 Å². The van der Waals surface area contributed by atoms with Crippen molar-refractivity contribution in [3.8, 4) is 0 Å². The van der Waals surface area contributed by atoms with Gasteiger partial charge in [0.1, 0.15) is 0 Å². The molecule has 0 spiro atoms. The van der Waals surface area contributed by atoms with Gasteiger partial charge in [0.15, 0.2) is 9.84 Å². The monoisotopic (exact) mass is 317 g/mol. The summed E-state index contributed by atoms with van der Waals surface area (Å²) in [5, 5.41) is 3.86. The van der Waals surface area contributed by atoms with Crippen molar-refractivity contribution in [2.24, 2.45) is 0 Å². The van der Waals surface area contributed by atoms with Gasteiger partial charge in [-0.2, -0.15) is 0 Å². The summed E-state index contributed by atoms with van der Waals surface area (Å²) in [6, 6.07) is 5.23. The second-order valence-corrected chi connectivity index (χ2v) is 7.57. The molecule has 0 amide bonds. The largest absolute Gasteiger partial charge is 0.380 e. The van der Waals surface area contributed by atoms with Crippen molar-refractivity contribution in [3.05, 3.63) is 28.8 Å². The number of methoxy groups -OCH3 is 1. The summed E-state index contributed by atoms with van der Waals surface area (Å²) < 4.78 is 29.0. The molecule has 1 aromatic carbocycles. The lowest BCUT2D eigenvalue weighted by Crippen LogP contribution is -2.36. The van der Waals surface area contributed by atoms with Crippen molar-refractivity contribution >= 4 is 21.4 Å². The van der Waals surface area contributed by atoms with Crippen LogP contribution < -0.4 is 5.32 Å². The number of ether oxygens (including phenoxy) is 1. The molecule has 1 N–H and O–H groups in total. The summed E-state index contributed by atoms with van der Waals surface area (Å²) >= 11 is 6.16. The quantitative estimate of drug-likeness (QED) is 0.906. The number of rotatable bonds is 5. The number of halogens is 1. The van der Waals surface area contributed by atoms with E-state index in [2.05, 4.69) is 5.32 Å². The van der Waals surface area contributed by atoms with E-state index in [9.17, 15) is 8.42 Å². The van der Waals surface area contributed by atoms with Crippen LogP contribution in [0.25, 0.3) is 0 Å². The van der Waals surface area contributed by atoms with Gasteiger partial charge in [-0.25, -0.2) is 8.42 Å². The smallest absolute Gasteiger partial charge is 0.175 e. The normalized spacial score (nSPS) is 23.1. The van der Waals surface area contributed by atoms with E-state index in [0.29, 0.717) is 22.0 Å². The first-order valence-electron chi connectivity index (χ1n) is 6.67. The van der Waals surface area contributed by atoms with Crippen molar-refractivity contribution < 1.29 is 13.2 Å². The van der Waals surface area contributed by atoms with Gasteiger partial charge in [-0.15, -0.1) is 0 Å². The fourth-order valence-corrected chi connectivity index (χ4v) is 3.99. The highest BCUT2D eigenvalue weighted by atomic mass is 35.5. The van der Waals surface area contributed by atoms with E-state index in [1.807, 2.05) is 0 Å². The van der Waals surface area contributed by atoms with E-state index in [4.69, 9.17) is 16.3 Å². The van der Waals surface area contributed by atoms with Gasteiger partial charge in [0.2, 0.25) is 0 Å². The highest BCUT2D eigenvalue weighted by Crippen LogP contribution is 2.26. The Morgan fingerprint density at radius 1 is 1.40 bits per heavy atom. The third-order valence-corrected chi connectivity index (χ3v) is 5.31. The average molecular weight is 318 g/mol. The minimum absolute atomic E-state index is 0.194. The Balaban J connectivity index is 2.17. The van der Waals surface area contributed by atoms with E-state index in [1.165, 1.54) is 6.26 Å². The van der Waals surface area contributed by atoms with E-state index < -0.39 is 9.84 Å². The van der Waals surface area contributed by atoms with Crippen molar-refractivity contribution in [1.82, 2.24) is 5.32 Å². The van der Waals surface area contributed by atoms with Gasteiger partial charge in [-0.1, -0.05) is 17.7 Å². The molecule has 0 radical (unpaired) electrons. The molecule has 0 bridgehead atoms. The summed E-state index contributed by atoms with van der Waals surface area (Å²) in [5.74, 6) is 0. The minimum atomic E-state index is -3.28. The van der Waals surface area contributed by atoms with Gasteiger partial charge in [0.25, 0.3) is 0 Å². The van der Waals surface area contributed by atoms with E-state index in [0.717, 1.165) is 19.3 Å². The molecule has 6 heteroatoms. The van der Waals surface area contributed by atoms with Crippen LogP contribution in [-0.2, 0) is 21.1 Å². The minimum Gasteiger partial charge on any atom is -0.380 e. The Labute approximate surface area is 125 Å². The van der Waals surface area contributed by atoms with Crippen LogP contribution in [0, 0.1) is 0 Å². The summed E-state index contributed by atoms with van der Waals surface area (Å²) in [7, 11) is -1.57. The van der Waals surface area contributed by atoms with Crippen LogP contribution in [0.4, 0.5) is 0 Å². The molecule has 1 aliphatic carbocycles. The number of hydrogen-bond donors (Lipinski definition) is 1. The highest BCUT2D eigenvalue weighted by molar-refractivity contribution is 7.90. The van der Waals surface area contributed by atoms with Crippen LogP contribution in [0.2, 0.25) is 5.02 Å². The van der Waals surface area contributed by atoms with E-state index in [-0.39, 0.29) is 12.1 Å². The van der Waals surface area contributed by atoms with Crippen molar-refractivity contribution in [3.63, 3.8) is 0 Å². The van der Waals surface area contributed by atoms with Crippen molar-refractivity contribution in [1.29, 1.82) is 0 Å². The molecule has 0 heterocycles. The second kappa shape index (κ2) is 6.43. The van der Waals surface area contributed by atoms with E-state index in [1.54, 1.807) is 25.3 Å². The van der Waals surface area contributed by atoms with Gasteiger partial charge in [0, 0.05) is 36.5 Å². The standard InChI is InChI=1S/C14H20ClNO3S/c1-19-13-7-4-6-12(13)16-9-10-11(15)5-3-8-14(10)20(2,17)18/h3,5,8,12-13,16H,4,6-7,9H2,1-2H3. The third-order valence-electron chi connectivity index (χ3n) is 3.77. The number of benzene rings is 1. The highest BCUT2D eigenvalue weighted by Gasteiger charge is 2.27. The Morgan fingerprint density at radius 2 is 2.15 bits per heavy atom. The lowest BCUT2D eigenvalue weighted by atomic mass is 10.1. The van der Waals surface area contributed by atoms with Crippen molar-refractivity contribution in [2.75, 3.05) is 13.4 Å². The van der Waals surface area contributed by atoms with Crippen LogP contribution in [-0.4, -0.2) is 33.9 Å². The molecule has 4 nitrogen and oxygen atoms in total. The fraction of sp³-hybridized carbons (Fsp3) is 0.571. The topological polar surface area (TPSA) is 55.4 Å². The molecule has 0 saturated heterocycles. The molecular weight excluding hydrogens is 298 g/mol. The molecule has 1 aromatic rings. The van der Waals surface area contributed by atoms with Gasteiger partial charge < -0.3 is 10.1 Å². The average Bonchev–Trinajstić information content (AvgIpc) is 2.83. The van der Waals surface area contributed by atoms with Gasteiger partial charge in [-0.3, -0.25) is 0 Å².